The lowest BCUT2D eigenvalue weighted by Gasteiger charge is -2.18. The second-order valence-corrected chi connectivity index (χ2v) is 4.40. The van der Waals surface area contributed by atoms with Crippen LogP contribution in [-0.2, 0) is 0 Å². The van der Waals surface area contributed by atoms with E-state index in [9.17, 15) is 13.9 Å². The largest absolute Gasteiger partial charge is 0.394 e. The Morgan fingerprint density at radius 3 is 2.58 bits per heavy atom. The van der Waals surface area contributed by atoms with Crippen molar-refractivity contribution in [3.05, 3.63) is 65.2 Å². The van der Waals surface area contributed by atoms with Crippen LogP contribution in [0.15, 0.2) is 42.5 Å². The number of aliphatic hydroxyl groups is 1. The lowest BCUT2D eigenvalue weighted by atomic mass is 10.0. The number of nitrogens with one attached hydrogen (secondary N) is 1. The Balaban J connectivity index is 2.22. The van der Waals surface area contributed by atoms with Crippen molar-refractivity contribution in [2.45, 2.75) is 13.0 Å². The predicted octanol–water partition coefficient (Wildman–Crippen LogP) is 3.42. The summed E-state index contributed by atoms with van der Waals surface area (Å²) >= 11 is 0. The minimum Gasteiger partial charge on any atom is -0.394 e. The Morgan fingerprint density at radius 2 is 1.95 bits per heavy atom. The average Bonchev–Trinajstić information content (AvgIpc) is 2.39. The molecule has 0 heterocycles. The summed E-state index contributed by atoms with van der Waals surface area (Å²) in [7, 11) is 0. The molecule has 19 heavy (non-hydrogen) atoms. The second-order valence-electron chi connectivity index (χ2n) is 4.40. The molecule has 0 spiro atoms. The van der Waals surface area contributed by atoms with E-state index >= 15 is 0 Å². The maximum Gasteiger partial charge on any atom is 0.126 e. The molecule has 0 radical (unpaired) electrons. The molecule has 0 amide bonds. The molecule has 4 heteroatoms. The summed E-state index contributed by atoms with van der Waals surface area (Å²) in [5.74, 6) is -0.636. The summed E-state index contributed by atoms with van der Waals surface area (Å²) < 4.78 is 26.3. The summed E-state index contributed by atoms with van der Waals surface area (Å²) in [6.45, 7) is 1.50. The van der Waals surface area contributed by atoms with Gasteiger partial charge in [0.2, 0.25) is 0 Å². The van der Waals surface area contributed by atoms with Gasteiger partial charge < -0.3 is 10.4 Å². The quantitative estimate of drug-likeness (QED) is 0.886. The summed E-state index contributed by atoms with van der Waals surface area (Å²) in [6.07, 6.45) is 0. The van der Waals surface area contributed by atoms with Crippen molar-refractivity contribution in [2.24, 2.45) is 0 Å². The molecule has 2 aromatic carbocycles. The van der Waals surface area contributed by atoms with Crippen molar-refractivity contribution in [1.82, 2.24) is 0 Å². The van der Waals surface area contributed by atoms with Gasteiger partial charge in [0, 0.05) is 5.69 Å². The Bertz CT molecular complexity index is 572. The zero-order chi connectivity index (χ0) is 13.8. The third-order valence-corrected chi connectivity index (χ3v) is 2.93. The lowest BCUT2D eigenvalue weighted by molar-refractivity contribution is 0.276. The van der Waals surface area contributed by atoms with E-state index in [1.54, 1.807) is 31.2 Å². The van der Waals surface area contributed by atoms with E-state index in [0.717, 1.165) is 5.56 Å². The topological polar surface area (TPSA) is 32.3 Å². The Kier molecular flexibility index (Phi) is 4.12. The van der Waals surface area contributed by atoms with Gasteiger partial charge in [-0.3, -0.25) is 0 Å². The highest BCUT2D eigenvalue weighted by Gasteiger charge is 2.11. The minimum atomic E-state index is -0.402. The van der Waals surface area contributed by atoms with Crippen LogP contribution in [-0.4, -0.2) is 11.7 Å². The molecular formula is C15H15F2NO. The molecule has 0 aliphatic rings. The van der Waals surface area contributed by atoms with Crippen molar-refractivity contribution in [2.75, 3.05) is 11.9 Å². The molecule has 2 N–H and O–H groups in total. The number of aliphatic hydroxyl groups excluding tert-OH is 1. The van der Waals surface area contributed by atoms with Gasteiger partial charge in [0.1, 0.15) is 11.6 Å². The molecule has 0 saturated heterocycles. The first-order valence-corrected chi connectivity index (χ1v) is 5.99. The number of anilines is 1. The van der Waals surface area contributed by atoms with Crippen molar-refractivity contribution in [3.63, 3.8) is 0 Å². The van der Waals surface area contributed by atoms with E-state index in [2.05, 4.69) is 5.32 Å². The van der Waals surface area contributed by atoms with Gasteiger partial charge in [-0.1, -0.05) is 18.2 Å². The normalized spacial score (nSPS) is 12.2. The number of aryl methyl sites for hydroxylation is 1. The van der Waals surface area contributed by atoms with Gasteiger partial charge in [-0.25, -0.2) is 8.78 Å². The maximum absolute atomic E-state index is 13.2. The number of hydrogen-bond acceptors (Lipinski definition) is 2. The van der Waals surface area contributed by atoms with Gasteiger partial charge in [-0.2, -0.15) is 0 Å². The van der Waals surface area contributed by atoms with Crippen LogP contribution >= 0.6 is 0 Å². The molecule has 1 atom stereocenters. The fourth-order valence-electron chi connectivity index (χ4n) is 1.90. The maximum atomic E-state index is 13.2. The molecule has 0 aromatic heterocycles. The SMILES string of the molecule is Cc1cc(C(CO)Nc2cccc(F)c2)ccc1F. The van der Waals surface area contributed by atoms with Gasteiger partial charge >= 0.3 is 0 Å². The molecule has 100 valence electrons. The fourth-order valence-corrected chi connectivity index (χ4v) is 1.90. The fraction of sp³-hybridized carbons (Fsp3) is 0.200. The zero-order valence-electron chi connectivity index (χ0n) is 10.5. The Morgan fingerprint density at radius 1 is 1.16 bits per heavy atom. The summed E-state index contributed by atoms with van der Waals surface area (Å²) in [5.41, 5.74) is 1.84. The van der Waals surface area contributed by atoms with Gasteiger partial charge in [0.15, 0.2) is 0 Å². The van der Waals surface area contributed by atoms with Crippen LogP contribution in [0.3, 0.4) is 0 Å². The highest BCUT2D eigenvalue weighted by Crippen LogP contribution is 2.21. The van der Waals surface area contributed by atoms with E-state index in [1.165, 1.54) is 18.2 Å². The monoisotopic (exact) mass is 263 g/mol. The minimum absolute atomic E-state index is 0.165. The van der Waals surface area contributed by atoms with E-state index in [4.69, 9.17) is 0 Å². The first kappa shape index (κ1) is 13.5. The number of benzene rings is 2. The molecule has 2 nitrogen and oxygen atoms in total. The third-order valence-electron chi connectivity index (χ3n) is 2.93. The highest BCUT2D eigenvalue weighted by molar-refractivity contribution is 5.46. The molecule has 0 aliphatic carbocycles. The summed E-state index contributed by atoms with van der Waals surface area (Å²) in [4.78, 5) is 0. The lowest BCUT2D eigenvalue weighted by Crippen LogP contribution is -2.15. The first-order chi connectivity index (χ1) is 9.10. The number of hydrogen-bond donors (Lipinski definition) is 2. The van der Waals surface area contributed by atoms with Crippen LogP contribution in [0.5, 0.6) is 0 Å². The standard InChI is InChI=1S/C15H15F2NO/c1-10-7-11(5-6-14(10)17)15(9-19)18-13-4-2-3-12(16)8-13/h2-8,15,18-19H,9H2,1H3. The second kappa shape index (κ2) is 5.80. The molecule has 0 aliphatic heterocycles. The summed E-state index contributed by atoms with van der Waals surface area (Å²) in [6, 6.07) is 10.2. The molecule has 0 bridgehead atoms. The third kappa shape index (κ3) is 3.29. The van der Waals surface area contributed by atoms with Gasteiger partial charge in [-0.15, -0.1) is 0 Å². The first-order valence-electron chi connectivity index (χ1n) is 5.99. The zero-order valence-corrected chi connectivity index (χ0v) is 10.5. The Labute approximate surface area is 110 Å². The predicted molar refractivity (Wildman–Crippen MR) is 71.0 cm³/mol. The van der Waals surface area contributed by atoms with Gasteiger partial charge in [0.05, 0.1) is 12.6 Å². The molecule has 2 aromatic rings. The molecular weight excluding hydrogens is 248 g/mol. The van der Waals surface area contributed by atoms with Crippen LogP contribution in [0.1, 0.15) is 17.2 Å². The van der Waals surface area contributed by atoms with Crippen LogP contribution in [0.4, 0.5) is 14.5 Å². The summed E-state index contributed by atoms with van der Waals surface area (Å²) in [5, 5.41) is 12.4. The van der Waals surface area contributed by atoms with Gasteiger partial charge in [-0.05, 0) is 42.3 Å². The smallest absolute Gasteiger partial charge is 0.126 e. The van der Waals surface area contributed by atoms with Crippen molar-refractivity contribution >= 4 is 5.69 Å². The molecule has 1 unspecified atom stereocenters. The average molecular weight is 263 g/mol. The molecule has 0 saturated carbocycles. The van der Waals surface area contributed by atoms with Crippen molar-refractivity contribution < 1.29 is 13.9 Å². The molecule has 2 rings (SSSR count). The Hall–Kier alpha value is -1.94. The van der Waals surface area contributed by atoms with Crippen LogP contribution < -0.4 is 5.32 Å². The van der Waals surface area contributed by atoms with E-state index < -0.39 is 6.04 Å². The number of halogens is 2. The van der Waals surface area contributed by atoms with Gasteiger partial charge in [0.25, 0.3) is 0 Å². The van der Waals surface area contributed by atoms with E-state index in [0.29, 0.717) is 11.3 Å². The van der Waals surface area contributed by atoms with E-state index in [-0.39, 0.29) is 18.2 Å². The van der Waals surface area contributed by atoms with Crippen LogP contribution in [0, 0.1) is 18.6 Å². The van der Waals surface area contributed by atoms with Crippen molar-refractivity contribution in [3.8, 4) is 0 Å². The number of rotatable bonds is 4. The van der Waals surface area contributed by atoms with Crippen LogP contribution in [0.25, 0.3) is 0 Å². The van der Waals surface area contributed by atoms with E-state index in [1.807, 2.05) is 0 Å². The van der Waals surface area contributed by atoms with Crippen LogP contribution in [0.2, 0.25) is 0 Å². The van der Waals surface area contributed by atoms with Crippen molar-refractivity contribution in [1.29, 1.82) is 0 Å². The highest BCUT2D eigenvalue weighted by atomic mass is 19.1. The molecule has 0 fully saturated rings.